The first-order chi connectivity index (χ1) is 7.99. The minimum Gasteiger partial charge on any atom is -0.378 e. The van der Waals surface area contributed by atoms with E-state index in [9.17, 15) is 0 Å². The molecular formula is C14H21BrN2. The van der Waals surface area contributed by atoms with Crippen LogP contribution in [0.2, 0.25) is 0 Å². The molecule has 1 aliphatic rings. The monoisotopic (exact) mass is 296 g/mol. The van der Waals surface area contributed by atoms with Gasteiger partial charge in [-0.3, -0.25) is 0 Å². The first kappa shape index (κ1) is 12.9. The van der Waals surface area contributed by atoms with Crippen molar-refractivity contribution in [3.63, 3.8) is 0 Å². The molecule has 17 heavy (non-hydrogen) atoms. The predicted octanol–water partition coefficient (Wildman–Crippen LogP) is 3.77. The molecule has 3 heteroatoms. The van der Waals surface area contributed by atoms with Crippen molar-refractivity contribution >= 4 is 21.6 Å². The Morgan fingerprint density at radius 2 is 1.88 bits per heavy atom. The van der Waals surface area contributed by atoms with E-state index < -0.39 is 0 Å². The van der Waals surface area contributed by atoms with E-state index in [2.05, 4.69) is 59.4 Å². The zero-order valence-electron chi connectivity index (χ0n) is 10.6. The quantitative estimate of drug-likeness (QED) is 0.891. The third kappa shape index (κ3) is 2.36. The molecule has 1 saturated carbocycles. The van der Waals surface area contributed by atoms with Gasteiger partial charge in [0.1, 0.15) is 0 Å². The van der Waals surface area contributed by atoms with Crippen LogP contribution in [0.3, 0.4) is 0 Å². The van der Waals surface area contributed by atoms with Crippen molar-refractivity contribution in [2.45, 2.75) is 38.6 Å². The van der Waals surface area contributed by atoms with Crippen LogP contribution in [-0.4, -0.2) is 12.1 Å². The van der Waals surface area contributed by atoms with Gasteiger partial charge in [0.2, 0.25) is 0 Å². The van der Waals surface area contributed by atoms with Crippen LogP contribution in [0, 0.1) is 5.41 Å². The fraction of sp³-hybridized carbons (Fsp3) is 0.571. The molecule has 1 aromatic rings. The zero-order chi connectivity index (χ0) is 12.5. The molecule has 0 heterocycles. The highest BCUT2D eigenvalue weighted by molar-refractivity contribution is 9.10. The molecular weight excluding hydrogens is 276 g/mol. The van der Waals surface area contributed by atoms with Crippen molar-refractivity contribution in [2.75, 3.05) is 11.9 Å². The normalized spacial score (nSPS) is 27.1. The molecule has 0 aromatic heterocycles. The lowest BCUT2D eigenvalue weighted by Gasteiger charge is -2.42. The Balaban J connectivity index is 2.23. The average molecular weight is 297 g/mol. The molecule has 1 aliphatic carbocycles. The van der Waals surface area contributed by atoms with Crippen LogP contribution in [0.25, 0.3) is 0 Å². The van der Waals surface area contributed by atoms with E-state index in [1.54, 1.807) is 0 Å². The standard InChI is InChI=1S/C14H21BrN2/c1-13(2)8-3-9-14(13,10-16)17-12-6-4-11(15)5-7-12/h4-7,17H,3,8-10,16H2,1-2H3. The third-order valence-corrected chi connectivity index (χ3v) is 4.81. The molecule has 1 unspecified atom stereocenters. The van der Waals surface area contributed by atoms with E-state index >= 15 is 0 Å². The number of anilines is 1. The van der Waals surface area contributed by atoms with Crippen molar-refractivity contribution in [3.05, 3.63) is 28.7 Å². The number of halogens is 1. The van der Waals surface area contributed by atoms with Crippen LogP contribution in [0.15, 0.2) is 28.7 Å². The topological polar surface area (TPSA) is 38.0 Å². The minimum absolute atomic E-state index is 0.0425. The van der Waals surface area contributed by atoms with Crippen LogP contribution in [0.4, 0.5) is 5.69 Å². The Morgan fingerprint density at radius 1 is 1.24 bits per heavy atom. The summed E-state index contributed by atoms with van der Waals surface area (Å²) in [6.07, 6.45) is 3.66. The Bertz CT molecular complexity index is 386. The summed E-state index contributed by atoms with van der Waals surface area (Å²) in [5.74, 6) is 0. The Morgan fingerprint density at radius 3 is 2.35 bits per heavy atom. The summed E-state index contributed by atoms with van der Waals surface area (Å²) in [7, 11) is 0. The number of hydrogen-bond acceptors (Lipinski definition) is 2. The summed E-state index contributed by atoms with van der Waals surface area (Å²) in [6.45, 7) is 5.33. The lowest BCUT2D eigenvalue weighted by atomic mass is 9.74. The smallest absolute Gasteiger partial charge is 0.0546 e. The Labute approximate surface area is 112 Å². The number of nitrogens with one attached hydrogen (secondary N) is 1. The number of nitrogens with two attached hydrogens (primary N) is 1. The van der Waals surface area contributed by atoms with Crippen LogP contribution in [0.1, 0.15) is 33.1 Å². The second kappa shape index (κ2) is 4.62. The second-order valence-electron chi connectivity index (χ2n) is 5.66. The van der Waals surface area contributed by atoms with Gasteiger partial charge in [-0.1, -0.05) is 36.2 Å². The van der Waals surface area contributed by atoms with Crippen molar-refractivity contribution in [3.8, 4) is 0 Å². The summed E-state index contributed by atoms with van der Waals surface area (Å²) in [6, 6.07) is 8.34. The fourth-order valence-corrected chi connectivity index (χ4v) is 3.14. The van der Waals surface area contributed by atoms with E-state index in [1.165, 1.54) is 12.8 Å². The summed E-state index contributed by atoms with van der Waals surface area (Å²) in [5.41, 5.74) is 7.51. The maximum absolute atomic E-state index is 6.05. The van der Waals surface area contributed by atoms with Crippen LogP contribution in [-0.2, 0) is 0 Å². The highest BCUT2D eigenvalue weighted by Gasteiger charge is 2.47. The third-order valence-electron chi connectivity index (χ3n) is 4.28. The van der Waals surface area contributed by atoms with Gasteiger partial charge in [0.25, 0.3) is 0 Å². The predicted molar refractivity (Wildman–Crippen MR) is 77.2 cm³/mol. The second-order valence-corrected chi connectivity index (χ2v) is 6.57. The van der Waals surface area contributed by atoms with Crippen LogP contribution >= 0.6 is 15.9 Å². The Kier molecular flexibility index (Phi) is 3.50. The molecule has 2 nitrogen and oxygen atoms in total. The number of benzene rings is 1. The molecule has 0 amide bonds. The van der Waals surface area contributed by atoms with Gasteiger partial charge in [-0.05, 0) is 42.5 Å². The molecule has 0 spiro atoms. The van der Waals surface area contributed by atoms with Gasteiger partial charge >= 0.3 is 0 Å². The Hall–Kier alpha value is -0.540. The molecule has 3 N–H and O–H groups in total. The van der Waals surface area contributed by atoms with Gasteiger partial charge in [0.15, 0.2) is 0 Å². The first-order valence-corrected chi connectivity index (χ1v) is 7.02. The van der Waals surface area contributed by atoms with Gasteiger partial charge in [-0.2, -0.15) is 0 Å². The lowest BCUT2D eigenvalue weighted by molar-refractivity contribution is 0.239. The first-order valence-electron chi connectivity index (χ1n) is 6.23. The number of rotatable bonds is 3. The molecule has 0 aliphatic heterocycles. The molecule has 94 valence electrons. The molecule has 0 bridgehead atoms. The SMILES string of the molecule is CC1(C)CCCC1(CN)Nc1ccc(Br)cc1. The molecule has 2 rings (SSSR count). The number of hydrogen-bond donors (Lipinski definition) is 2. The lowest BCUT2D eigenvalue weighted by Crippen LogP contribution is -2.53. The summed E-state index contributed by atoms with van der Waals surface area (Å²) in [4.78, 5) is 0. The van der Waals surface area contributed by atoms with Crippen molar-refractivity contribution in [1.29, 1.82) is 0 Å². The molecule has 0 radical (unpaired) electrons. The van der Waals surface area contributed by atoms with Crippen LogP contribution in [0.5, 0.6) is 0 Å². The van der Waals surface area contributed by atoms with E-state index in [0.717, 1.165) is 16.6 Å². The minimum atomic E-state index is 0.0425. The zero-order valence-corrected chi connectivity index (χ0v) is 12.2. The van der Waals surface area contributed by atoms with E-state index in [-0.39, 0.29) is 11.0 Å². The maximum Gasteiger partial charge on any atom is 0.0546 e. The fourth-order valence-electron chi connectivity index (χ4n) is 2.88. The van der Waals surface area contributed by atoms with E-state index in [4.69, 9.17) is 5.73 Å². The van der Waals surface area contributed by atoms with Gasteiger partial charge in [-0.15, -0.1) is 0 Å². The van der Waals surface area contributed by atoms with Gasteiger partial charge in [0.05, 0.1) is 5.54 Å². The van der Waals surface area contributed by atoms with E-state index in [1.807, 2.05) is 0 Å². The highest BCUT2D eigenvalue weighted by Crippen LogP contribution is 2.47. The average Bonchev–Trinajstić information content (AvgIpc) is 2.58. The van der Waals surface area contributed by atoms with Gasteiger partial charge in [-0.25, -0.2) is 0 Å². The van der Waals surface area contributed by atoms with Crippen LogP contribution < -0.4 is 11.1 Å². The summed E-state index contributed by atoms with van der Waals surface area (Å²) in [5, 5.41) is 3.68. The molecule has 1 aromatic carbocycles. The highest BCUT2D eigenvalue weighted by atomic mass is 79.9. The van der Waals surface area contributed by atoms with E-state index in [0.29, 0.717) is 6.54 Å². The summed E-state index contributed by atoms with van der Waals surface area (Å²) >= 11 is 3.46. The summed E-state index contributed by atoms with van der Waals surface area (Å²) < 4.78 is 1.11. The van der Waals surface area contributed by atoms with Crippen molar-refractivity contribution < 1.29 is 0 Å². The molecule has 0 saturated heterocycles. The van der Waals surface area contributed by atoms with Gasteiger partial charge < -0.3 is 11.1 Å². The maximum atomic E-state index is 6.05. The molecule has 1 atom stereocenters. The van der Waals surface area contributed by atoms with Crippen molar-refractivity contribution in [2.24, 2.45) is 11.1 Å². The molecule has 1 fully saturated rings. The van der Waals surface area contributed by atoms with Gasteiger partial charge in [0, 0.05) is 16.7 Å². The van der Waals surface area contributed by atoms with Crippen molar-refractivity contribution in [1.82, 2.24) is 0 Å². The largest absolute Gasteiger partial charge is 0.378 e.